The van der Waals surface area contributed by atoms with Crippen molar-refractivity contribution in [2.75, 3.05) is 18.4 Å². The van der Waals surface area contributed by atoms with Gasteiger partial charge in [-0.15, -0.1) is 0 Å². The number of fused-ring (bicyclic) bond motifs is 2. The second-order valence-corrected chi connectivity index (χ2v) is 4.53. The first-order valence-corrected chi connectivity index (χ1v) is 5.61. The average Bonchev–Trinajstić information content (AvgIpc) is 2.55. The first-order chi connectivity index (χ1) is 7.74. The Bertz CT molecular complexity index is 498. The molecule has 1 aromatic carbocycles. The molecule has 1 spiro atoms. The molecule has 4 heteroatoms. The fourth-order valence-corrected chi connectivity index (χ4v) is 2.77. The Morgan fingerprint density at radius 1 is 1.38 bits per heavy atom. The highest BCUT2D eigenvalue weighted by Gasteiger charge is 2.46. The summed E-state index contributed by atoms with van der Waals surface area (Å²) in [7, 11) is 0. The Balaban J connectivity index is 2.25. The van der Waals surface area contributed by atoms with Gasteiger partial charge in [-0.05, 0) is 12.1 Å². The standard InChI is InChI=1S/C12H11ClN2O/c13-8-3-1-4-9-10(8)12(11(16)15-9)5-2-6-14-7-12/h1-5,14H,6-7H2,(H,15,16). The van der Waals surface area contributed by atoms with Gasteiger partial charge in [0.25, 0.3) is 0 Å². The maximum absolute atomic E-state index is 12.1. The molecule has 2 heterocycles. The molecule has 0 aromatic heterocycles. The monoisotopic (exact) mass is 234 g/mol. The fraction of sp³-hybridized carbons (Fsp3) is 0.250. The molecule has 16 heavy (non-hydrogen) atoms. The number of benzene rings is 1. The Hall–Kier alpha value is -1.32. The summed E-state index contributed by atoms with van der Waals surface area (Å²) in [5.41, 5.74) is 1.10. The van der Waals surface area contributed by atoms with Crippen molar-refractivity contribution in [3.8, 4) is 0 Å². The lowest BCUT2D eigenvalue weighted by Gasteiger charge is -2.27. The molecule has 1 unspecified atom stereocenters. The second kappa shape index (κ2) is 3.34. The van der Waals surface area contributed by atoms with Crippen molar-refractivity contribution >= 4 is 23.2 Å². The van der Waals surface area contributed by atoms with Crippen LogP contribution in [-0.4, -0.2) is 19.0 Å². The SMILES string of the molecule is O=C1Nc2cccc(Cl)c2C12C=CCNC2. The van der Waals surface area contributed by atoms with Crippen LogP contribution in [0.5, 0.6) is 0 Å². The summed E-state index contributed by atoms with van der Waals surface area (Å²) in [6.07, 6.45) is 3.93. The van der Waals surface area contributed by atoms with E-state index in [9.17, 15) is 4.79 Å². The van der Waals surface area contributed by atoms with E-state index in [2.05, 4.69) is 10.6 Å². The van der Waals surface area contributed by atoms with Crippen molar-refractivity contribution in [3.63, 3.8) is 0 Å². The molecule has 3 rings (SSSR count). The van der Waals surface area contributed by atoms with E-state index in [-0.39, 0.29) is 5.91 Å². The van der Waals surface area contributed by atoms with Crippen molar-refractivity contribution < 1.29 is 4.79 Å². The zero-order valence-electron chi connectivity index (χ0n) is 8.59. The molecule has 1 aromatic rings. The minimum atomic E-state index is -0.619. The lowest BCUT2D eigenvalue weighted by molar-refractivity contribution is -0.119. The molecule has 0 saturated heterocycles. The second-order valence-electron chi connectivity index (χ2n) is 4.12. The van der Waals surface area contributed by atoms with Crippen LogP contribution in [0.25, 0.3) is 0 Å². The van der Waals surface area contributed by atoms with Gasteiger partial charge in [0.2, 0.25) is 5.91 Å². The Morgan fingerprint density at radius 3 is 3.00 bits per heavy atom. The number of hydrogen-bond acceptors (Lipinski definition) is 2. The van der Waals surface area contributed by atoms with E-state index < -0.39 is 5.41 Å². The van der Waals surface area contributed by atoms with E-state index in [1.807, 2.05) is 30.4 Å². The third-order valence-electron chi connectivity index (χ3n) is 3.18. The van der Waals surface area contributed by atoms with Gasteiger partial charge in [0.1, 0.15) is 5.41 Å². The van der Waals surface area contributed by atoms with Gasteiger partial charge >= 0.3 is 0 Å². The van der Waals surface area contributed by atoms with Crippen molar-refractivity contribution in [1.29, 1.82) is 0 Å². The molecule has 82 valence electrons. The topological polar surface area (TPSA) is 41.1 Å². The predicted octanol–water partition coefficient (Wildman–Crippen LogP) is 1.69. The number of nitrogens with one attached hydrogen (secondary N) is 2. The summed E-state index contributed by atoms with van der Waals surface area (Å²) >= 11 is 6.20. The van der Waals surface area contributed by atoms with Gasteiger partial charge in [0, 0.05) is 29.4 Å². The van der Waals surface area contributed by atoms with Crippen LogP contribution in [0.3, 0.4) is 0 Å². The van der Waals surface area contributed by atoms with Crippen molar-refractivity contribution in [1.82, 2.24) is 5.32 Å². The largest absolute Gasteiger partial charge is 0.325 e. The van der Waals surface area contributed by atoms with E-state index in [1.54, 1.807) is 0 Å². The molecule has 0 saturated carbocycles. The van der Waals surface area contributed by atoms with Gasteiger partial charge in [-0.1, -0.05) is 29.8 Å². The first-order valence-electron chi connectivity index (χ1n) is 5.23. The van der Waals surface area contributed by atoms with Crippen molar-refractivity contribution in [2.45, 2.75) is 5.41 Å². The lowest BCUT2D eigenvalue weighted by Crippen LogP contribution is -2.45. The molecular weight excluding hydrogens is 224 g/mol. The Kier molecular flexibility index (Phi) is 2.06. The summed E-state index contributed by atoms with van der Waals surface area (Å²) in [6.45, 7) is 1.40. The lowest BCUT2D eigenvalue weighted by atomic mass is 9.80. The molecule has 2 aliphatic heterocycles. The smallest absolute Gasteiger partial charge is 0.240 e. The normalized spacial score (nSPS) is 26.9. The number of hydrogen-bond donors (Lipinski definition) is 2. The molecule has 0 aliphatic carbocycles. The van der Waals surface area contributed by atoms with Gasteiger partial charge < -0.3 is 10.6 Å². The average molecular weight is 235 g/mol. The van der Waals surface area contributed by atoms with Crippen LogP contribution < -0.4 is 10.6 Å². The van der Waals surface area contributed by atoms with Gasteiger partial charge in [0.15, 0.2) is 0 Å². The number of rotatable bonds is 0. The van der Waals surface area contributed by atoms with Gasteiger partial charge in [0.05, 0.1) is 0 Å². The molecule has 0 radical (unpaired) electrons. The Labute approximate surface area is 98.5 Å². The van der Waals surface area contributed by atoms with Crippen LogP contribution in [-0.2, 0) is 10.2 Å². The molecule has 2 aliphatic rings. The number of halogens is 1. The van der Waals surface area contributed by atoms with Gasteiger partial charge in [-0.3, -0.25) is 4.79 Å². The highest BCUT2D eigenvalue weighted by atomic mass is 35.5. The van der Waals surface area contributed by atoms with Crippen molar-refractivity contribution in [2.24, 2.45) is 0 Å². The van der Waals surface area contributed by atoms with Crippen LogP contribution >= 0.6 is 11.6 Å². The molecule has 3 nitrogen and oxygen atoms in total. The van der Waals surface area contributed by atoms with E-state index in [0.29, 0.717) is 11.6 Å². The van der Waals surface area contributed by atoms with E-state index in [1.165, 1.54) is 0 Å². The summed E-state index contributed by atoms with van der Waals surface area (Å²) in [6, 6.07) is 5.56. The quantitative estimate of drug-likeness (QED) is 0.671. The minimum Gasteiger partial charge on any atom is -0.325 e. The molecule has 2 N–H and O–H groups in total. The maximum atomic E-state index is 12.1. The third kappa shape index (κ3) is 1.16. The molecule has 0 bridgehead atoms. The van der Waals surface area contributed by atoms with Crippen LogP contribution in [0, 0.1) is 0 Å². The van der Waals surface area contributed by atoms with Crippen LogP contribution in [0.4, 0.5) is 5.69 Å². The highest BCUT2D eigenvalue weighted by Crippen LogP contribution is 2.43. The Morgan fingerprint density at radius 2 is 2.25 bits per heavy atom. The summed E-state index contributed by atoms with van der Waals surface area (Å²) in [5, 5.41) is 6.74. The maximum Gasteiger partial charge on any atom is 0.240 e. The van der Waals surface area contributed by atoms with Crippen LogP contribution in [0.2, 0.25) is 5.02 Å². The van der Waals surface area contributed by atoms with Gasteiger partial charge in [-0.2, -0.15) is 0 Å². The molecule has 1 atom stereocenters. The minimum absolute atomic E-state index is 0.000880. The van der Waals surface area contributed by atoms with Crippen LogP contribution in [0.15, 0.2) is 30.4 Å². The van der Waals surface area contributed by atoms with Crippen molar-refractivity contribution in [3.05, 3.63) is 40.9 Å². The highest BCUT2D eigenvalue weighted by molar-refractivity contribution is 6.33. The van der Waals surface area contributed by atoms with E-state index in [0.717, 1.165) is 17.8 Å². The third-order valence-corrected chi connectivity index (χ3v) is 3.50. The summed E-state index contributed by atoms with van der Waals surface area (Å²) in [5.74, 6) is -0.000880. The number of amides is 1. The number of carbonyl (C=O) groups is 1. The van der Waals surface area contributed by atoms with E-state index in [4.69, 9.17) is 11.6 Å². The van der Waals surface area contributed by atoms with Crippen LogP contribution in [0.1, 0.15) is 5.56 Å². The zero-order valence-corrected chi connectivity index (χ0v) is 9.34. The molecule has 0 fully saturated rings. The first kappa shape index (κ1) is 9.87. The van der Waals surface area contributed by atoms with E-state index >= 15 is 0 Å². The number of carbonyl (C=O) groups excluding carboxylic acids is 1. The molecule has 1 amide bonds. The number of anilines is 1. The fourth-order valence-electron chi connectivity index (χ4n) is 2.43. The summed E-state index contributed by atoms with van der Waals surface area (Å²) < 4.78 is 0. The summed E-state index contributed by atoms with van der Waals surface area (Å²) in [4.78, 5) is 12.1. The predicted molar refractivity (Wildman–Crippen MR) is 63.8 cm³/mol. The zero-order chi connectivity index (χ0) is 11.2. The molecular formula is C12H11ClN2O. The van der Waals surface area contributed by atoms with Gasteiger partial charge in [-0.25, -0.2) is 0 Å².